The monoisotopic (exact) mass is 444 g/mol. The minimum Gasteiger partial charge on any atom is -0.449 e. The number of fused-ring (bicyclic) bond motifs is 1. The predicted octanol–water partition coefficient (Wildman–Crippen LogP) is 3.53. The summed E-state index contributed by atoms with van der Waals surface area (Å²) in [5.74, 6) is -0.227. The molecule has 0 amide bonds. The van der Waals surface area contributed by atoms with Crippen molar-refractivity contribution in [3.63, 3.8) is 0 Å². The molecule has 3 aromatic rings. The number of sulfonamides is 1. The van der Waals surface area contributed by atoms with Crippen molar-refractivity contribution in [3.8, 4) is 0 Å². The number of H-pyrrole nitrogens is 1. The minimum absolute atomic E-state index is 0.0544. The molecular weight excluding hydrogens is 424 g/mol. The first-order valence-corrected chi connectivity index (χ1v) is 11.8. The van der Waals surface area contributed by atoms with E-state index in [4.69, 9.17) is 4.74 Å². The molecule has 0 fully saturated rings. The number of nitrogens with one attached hydrogen (secondary N) is 2. The highest BCUT2D eigenvalue weighted by Crippen LogP contribution is 2.31. The van der Waals surface area contributed by atoms with E-state index in [-0.39, 0.29) is 16.4 Å². The molecule has 1 unspecified atom stereocenters. The molecule has 0 saturated heterocycles. The van der Waals surface area contributed by atoms with Crippen LogP contribution in [0.25, 0.3) is 10.9 Å². The number of pyridine rings is 1. The Morgan fingerprint density at radius 3 is 2.93 bits per heavy atom. The molecule has 2 aromatic heterocycles. The maximum absolute atomic E-state index is 12.6. The van der Waals surface area contributed by atoms with E-state index in [9.17, 15) is 13.2 Å². The van der Waals surface area contributed by atoms with Gasteiger partial charge in [-0.1, -0.05) is 36.9 Å². The number of aromatic amines is 1. The average molecular weight is 445 g/mol. The molecule has 30 heavy (non-hydrogen) atoms. The van der Waals surface area contributed by atoms with Crippen LogP contribution < -0.4 is 4.72 Å². The van der Waals surface area contributed by atoms with Gasteiger partial charge in [-0.25, -0.2) is 4.98 Å². The summed E-state index contributed by atoms with van der Waals surface area (Å²) in [5, 5.41) is 1.50. The molecule has 1 atom stereocenters. The number of ether oxygens (including phenoxy) is 1. The summed E-state index contributed by atoms with van der Waals surface area (Å²) in [7, 11) is -3.82. The van der Waals surface area contributed by atoms with Crippen molar-refractivity contribution in [1.29, 1.82) is 0 Å². The number of anilines is 1. The normalized spacial score (nSPS) is 16.4. The van der Waals surface area contributed by atoms with Crippen molar-refractivity contribution >= 4 is 49.4 Å². The zero-order valence-electron chi connectivity index (χ0n) is 16.2. The number of thioether (sulfide) groups is 1. The van der Waals surface area contributed by atoms with Gasteiger partial charge in [0.05, 0.1) is 23.4 Å². The Bertz CT molecular complexity index is 1210. The molecule has 156 valence electrons. The van der Waals surface area contributed by atoms with E-state index < -0.39 is 10.0 Å². The number of nitrogens with zero attached hydrogens (tertiary/aromatic N) is 2. The second kappa shape index (κ2) is 8.49. The third-order valence-electron chi connectivity index (χ3n) is 4.39. The van der Waals surface area contributed by atoms with Crippen LogP contribution in [-0.4, -0.2) is 41.4 Å². The minimum atomic E-state index is -3.82. The molecule has 0 saturated carbocycles. The molecule has 1 aliphatic heterocycles. The lowest BCUT2D eigenvalue weighted by molar-refractivity contribution is -0.144. The van der Waals surface area contributed by atoms with Crippen LogP contribution in [0.5, 0.6) is 0 Å². The summed E-state index contributed by atoms with van der Waals surface area (Å²) in [5.41, 5.74) is 1.46. The van der Waals surface area contributed by atoms with E-state index in [0.29, 0.717) is 24.2 Å². The number of aromatic nitrogens is 2. The van der Waals surface area contributed by atoms with Crippen LogP contribution in [0.3, 0.4) is 0 Å². The van der Waals surface area contributed by atoms with E-state index in [2.05, 4.69) is 19.7 Å². The van der Waals surface area contributed by atoms with Crippen molar-refractivity contribution in [2.45, 2.75) is 30.2 Å². The Kier molecular flexibility index (Phi) is 5.78. The Balaban J connectivity index is 1.55. The van der Waals surface area contributed by atoms with E-state index >= 15 is 0 Å². The van der Waals surface area contributed by atoms with Crippen molar-refractivity contribution in [2.24, 2.45) is 4.99 Å². The number of rotatable bonds is 7. The van der Waals surface area contributed by atoms with E-state index in [0.717, 1.165) is 22.5 Å². The Labute approximate surface area is 178 Å². The average Bonchev–Trinajstić information content (AvgIpc) is 3.36. The molecule has 1 aliphatic rings. The lowest BCUT2D eigenvalue weighted by Gasteiger charge is -2.09. The summed E-state index contributed by atoms with van der Waals surface area (Å²) < 4.78 is 33.3. The second-order valence-electron chi connectivity index (χ2n) is 6.66. The molecule has 3 heterocycles. The van der Waals surface area contributed by atoms with Crippen molar-refractivity contribution in [3.05, 3.63) is 54.4 Å². The van der Waals surface area contributed by atoms with E-state index in [1.54, 1.807) is 24.3 Å². The molecule has 2 N–H and O–H groups in total. The van der Waals surface area contributed by atoms with Crippen LogP contribution >= 0.6 is 11.8 Å². The molecule has 0 bridgehead atoms. The van der Waals surface area contributed by atoms with Crippen LogP contribution in [-0.2, 0) is 19.6 Å². The van der Waals surface area contributed by atoms with Gasteiger partial charge < -0.3 is 9.72 Å². The number of hydrogen-bond acceptors (Lipinski definition) is 7. The van der Waals surface area contributed by atoms with Gasteiger partial charge in [-0.15, -0.1) is 0 Å². The van der Waals surface area contributed by atoms with Crippen molar-refractivity contribution < 1.29 is 17.9 Å². The highest BCUT2D eigenvalue weighted by molar-refractivity contribution is 8.15. The quantitative estimate of drug-likeness (QED) is 0.539. The SMILES string of the molecule is CCCC(=O)OC1CN=C(c2cc3cccc(NS(=O)(=O)c4ccccn4)c3[nH]2)S1. The van der Waals surface area contributed by atoms with Gasteiger partial charge >= 0.3 is 5.97 Å². The van der Waals surface area contributed by atoms with Gasteiger partial charge in [0.15, 0.2) is 10.5 Å². The molecule has 1 aromatic carbocycles. The standard InChI is InChI=1S/C20H20N4O4S2/c1-2-6-17(25)28-18-12-22-20(29-18)15-11-13-7-5-8-14(19(13)23-15)24-30(26,27)16-9-3-4-10-21-16/h3-5,7-11,18,23-24H,2,6,12H2,1H3. The number of para-hydroxylation sites is 1. The van der Waals surface area contributed by atoms with E-state index in [1.807, 2.05) is 19.1 Å². The zero-order valence-corrected chi connectivity index (χ0v) is 17.8. The first-order valence-electron chi connectivity index (χ1n) is 9.43. The smallest absolute Gasteiger partial charge is 0.306 e. The van der Waals surface area contributed by atoms with Gasteiger partial charge in [-0.3, -0.25) is 14.5 Å². The van der Waals surface area contributed by atoms with Gasteiger partial charge in [-0.05, 0) is 30.7 Å². The number of hydrogen-bond donors (Lipinski definition) is 2. The van der Waals surface area contributed by atoms with Gasteiger partial charge in [0.2, 0.25) is 0 Å². The lowest BCUT2D eigenvalue weighted by Crippen LogP contribution is -2.15. The molecule has 8 nitrogen and oxygen atoms in total. The molecule has 10 heteroatoms. The Morgan fingerprint density at radius 1 is 1.30 bits per heavy atom. The first-order chi connectivity index (χ1) is 14.5. The van der Waals surface area contributed by atoms with Crippen LogP contribution in [0.4, 0.5) is 5.69 Å². The molecule has 0 spiro atoms. The fraction of sp³-hybridized carbons (Fsp3) is 0.250. The van der Waals surface area contributed by atoms with Crippen LogP contribution in [0.2, 0.25) is 0 Å². The van der Waals surface area contributed by atoms with Gasteiger partial charge in [-0.2, -0.15) is 8.42 Å². The number of esters is 1. The Morgan fingerprint density at radius 2 is 2.17 bits per heavy atom. The van der Waals surface area contributed by atoms with E-state index in [1.165, 1.54) is 24.0 Å². The number of carbonyl (C=O) groups excluding carboxylic acids is 1. The molecule has 0 aliphatic carbocycles. The topological polar surface area (TPSA) is 114 Å². The lowest BCUT2D eigenvalue weighted by atomic mass is 10.2. The van der Waals surface area contributed by atoms with Gasteiger partial charge in [0.1, 0.15) is 5.04 Å². The summed E-state index contributed by atoms with van der Waals surface area (Å²) in [6, 6.07) is 11.9. The molecule has 0 radical (unpaired) electrons. The molecule has 4 rings (SSSR count). The maximum Gasteiger partial charge on any atom is 0.306 e. The predicted molar refractivity (Wildman–Crippen MR) is 117 cm³/mol. The summed E-state index contributed by atoms with van der Waals surface area (Å²) in [6.45, 7) is 2.32. The van der Waals surface area contributed by atoms with Crippen LogP contribution in [0.15, 0.2) is 58.7 Å². The fourth-order valence-electron chi connectivity index (χ4n) is 3.04. The number of benzene rings is 1. The first kappa shape index (κ1) is 20.4. The van der Waals surface area contributed by atoms with Crippen molar-refractivity contribution in [1.82, 2.24) is 9.97 Å². The largest absolute Gasteiger partial charge is 0.449 e. The van der Waals surface area contributed by atoms with Gasteiger partial charge in [0.25, 0.3) is 10.0 Å². The maximum atomic E-state index is 12.6. The number of aliphatic imine (C=N–C) groups is 1. The van der Waals surface area contributed by atoms with Crippen LogP contribution in [0.1, 0.15) is 25.5 Å². The van der Waals surface area contributed by atoms with Crippen LogP contribution in [0, 0.1) is 0 Å². The third-order valence-corrected chi connectivity index (χ3v) is 6.75. The second-order valence-corrected chi connectivity index (χ2v) is 9.44. The zero-order chi connectivity index (χ0) is 21.1. The summed E-state index contributed by atoms with van der Waals surface area (Å²) in [6.07, 6.45) is 2.56. The van der Waals surface area contributed by atoms with Gasteiger partial charge in [0, 0.05) is 18.0 Å². The fourth-order valence-corrected chi connectivity index (χ4v) is 5.00. The highest BCUT2D eigenvalue weighted by atomic mass is 32.2. The summed E-state index contributed by atoms with van der Waals surface area (Å²) in [4.78, 5) is 23.3. The van der Waals surface area contributed by atoms with Crippen molar-refractivity contribution in [2.75, 3.05) is 11.3 Å². The third kappa shape index (κ3) is 4.34. The number of carbonyl (C=O) groups is 1. The summed E-state index contributed by atoms with van der Waals surface area (Å²) >= 11 is 1.38. The highest BCUT2D eigenvalue weighted by Gasteiger charge is 2.25. The molecular formula is C20H20N4O4S2. The Hall–Kier alpha value is -2.85.